The van der Waals surface area contributed by atoms with Crippen LogP contribution in [0.25, 0.3) is 0 Å². The van der Waals surface area contributed by atoms with E-state index in [-0.39, 0.29) is 23.9 Å². The van der Waals surface area contributed by atoms with Crippen molar-refractivity contribution in [1.82, 2.24) is 0 Å². The predicted molar refractivity (Wildman–Crippen MR) is 93.0 cm³/mol. The Bertz CT molecular complexity index is 567. The van der Waals surface area contributed by atoms with Crippen LogP contribution in [0.2, 0.25) is 0 Å². The van der Waals surface area contributed by atoms with Gasteiger partial charge < -0.3 is 19.7 Å². The standard InChI is InChI=1S/C19H32BNO3/c1-17(2)10-6-12(17)16(13(21)7-10)23-20-22-15-9-11-8-14(18(11,3)4)19(15,5)24-20/h10-16H,6-9,21H2,1-5H3/t10-,11-,12+,13-,14-,15+,16+,19-/m1/s1. The molecule has 1 heterocycles. The molecule has 7 aliphatic rings. The molecule has 24 heavy (non-hydrogen) atoms. The van der Waals surface area contributed by atoms with Crippen LogP contribution in [0, 0.1) is 34.5 Å². The Labute approximate surface area is 146 Å². The summed E-state index contributed by atoms with van der Waals surface area (Å²) in [6.45, 7) is 11.7. The Kier molecular flexibility index (Phi) is 3.08. The first kappa shape index (κ1) is 16.1. The summed E-state index contributed by atoms with van der Waals surface area (Å²) in [6, 6.07) is 0.120. The highest BCUT2D eigenvalue weighted by Gasteiger charge is 2.69. The van der Waals surface area contributed by atoms with Crippen LogP contribution in [0.1, 0.15) is 60.3 Å². The van der Waals surface area contributed by atoms with Crippen LogP contribution in [-0.2, 0) is 14.0 Å². The largest absolute Gasteiger partial charge is 0.640 e. The maximum absolute atomic E-state index is 6.42. The molecule has 1 aliphatic heterocycles. The molecule has 7 rings (SSSR count). The first-order chi connectivity index (χ1) is 11.1. The maximum atomic E-state index is 6.42. The Balaban J connectivity index is 1.32. The third kappa shape index (κ3) is 1.80. The molecule has 1 saturated heterocycles. The molecule has 4 bridgehead atoms. The Morgan fingerprint density at radius 2 is 1.67 bits per heavy atom. The van der Waals surface area contributed by atoms with E-state index in [0.29, 0.717) is 22.7 Å². The fourth-order valence-electron chi connectivity index (χ4n) is 6.98. The molecule has 0 aromatic rings. The van der Waals surface area contributed by atoms with Crippen LogP contribution < -0.4 is 5.73 Å². The molecule has 6 aliphatic carbocycles. The second-order valence-corrected chi connectivity index (χ2v) is 10.6. The van der Waals surface area contributed by atoms with E-state index in [0.717, 1.165) is 24.7 Å². The van der Waals surface area contributed by atoms with Crippen molar-refractivity contribution in [2.45, 2.75) is 84.2 Å². The number of fused-ring (bicyclic) bond motifs is 2. The summed E-state index contributed by atoms with van der Waals surface area (Å²) < 4.78 is 19.0. The summed E-state index contributed by atoms with van der Waals surface area (Å²) in [4.78, 5) is 0. The second-order valence-electron chi connectivity index (χ2n) is 10.6. The monoisotopic (exact) mass is 333 g/mol. The minimum atomic E-state index is -0.529. The quantitative estimate of drug-likeness (QED) is 0.790. The predicted octanol–water partition coefficient (Wildman–Crippen LogP) is 2.99. The number of nitrogens with two attached hydrogens (primary N) is 1. The normalized spacial score (nSPS) is 56.2. The van der Waals surface area contributed by atoms with Gasteiger partial charge in [-0.05, 0) is 67.1 Å². The van der Waals surface area contributed by atoms with Crippen molar-refractivity contribution >= 4 is 7.32 Å². The summed E-state index contributed by atoms with van der Waals surface area (Å²) in [7, 11) is -0.529. The zero-order chi connectivity index (χ0) is 17.1. The molecule has 6 saturated carbocycles. The molecule has 2 N–H and O–H groups in total. The van der Waals surface area contributed by atoms with E-state index in [9.17, 15) is 0 Å². The first-order valence-electron chi connectivity index (χ1n) is 9.88. The summed E-state index contributed by atoms with van der Waals surface area (Å²) in [5, 5.41) is 0. The van der Waals surface area contributed by atoms with E-state index in [2.05, 4.69) is 34.6 Å². The van der Waals surface area contributed by atoms with Gasteiger partial charge >= 0.3 is 7.32 Å². The zero-order valence-electron chi connectivity index (χ0n) is 15.7. The molecule has 0 amide bonds. The van der Waals surface area contributed by atoms with Crippen molar-refractivity contribution in [1.29, 1.82) is 0 Å². The van der Waals surface area contributed by atoms with Crippen molar-refractivity contribution in [2.24, 2.45) is 40.2 Å². The van der Waals surface area contributed by atoms with Gasteiger partial charge in [0.15, 0.2) is 0 Å². The van der Waals surface area contributed by atoms with E-state index in [1.807, 2.05) is 0 Å². The van der Waals surface area contributed by atoms with E-state index >= 15 is 0 Å². The summed E-state index contributed by atoms with van der Waals surface area (Å²) in [5.74, 6) is 2.65. The van der Waals surface area contributed by atoms with E-state index in [1.165, 1.54) is 12.8 Å². The molecular weight excluding hydrogens is 301 g/mol. The third-order valence-electron chi connectivity index (χ3n) is 9.12. The molecule has 0 unspecified atom stereocenters. The van der Waals surface area contributed by atoms with Gasteiger partial charge in [0.25, 0.3) is 0 Å². The molecule has 5 heteroatoms. The van der Waals surface area contributed by atoms with Crippen molar-refractivity contribution < 1.29 is 14.0 Å². The Morgan fingerprint density at radius 1 is 0.958 bits per heavy atom. The van der Waals surface area contributed by atoms with Crippen molar-refractivity contribution in [3.63, 3.8) is 0 Å². The van der Waals surface area contributed by atoms with Gasteiger partial charge in [-0.25, -0.2) is 0 Å². The molecule has 134 valence electrons. The van der Waals surface area contributed by atoms with Gasteiger partial charge in [0.2, 0.25) is 0 Å². The molecule has 0 spiro atoms. The lowest BCUT2D eigenvalue weighted by atomic mass is 9.43. The second kappa shape index (κ2) is 4.60. The highest BCUT2D eigenvalue weighted by Crippen LogP contribution is 2.66. The smallest absolute Gasteiger partial charge is 0.381 e. The summed E-state index contributed by atoms with van der Waals surface area (Å²) in [6.07, 6.45) is 4.95. The zero-order valence-corrected chi connectivity index (χ0v) is 15.7. The average molecular weight is 333 g/mol. The van der Waals surface area contributed by atoms with Gasteiger partial charge in [-0.3, -0.25) is 0 Å². The minimum Gasteiger partial charge on any atom is -0.381 e. The Morgan fingerprint density at radius 3 is 2.33 bits per heavy atom. The van der Waals surface area contributed by atoms with Crippen LogP contribution in [0.5, 0.6) is 0 Å². The van der Waals surface area contributed by atoms with Gasteiger partial charge in [0, 0.05) is 6.04 Å². The van der Waals surface area contributed by atoms with Crippen LogP contribution >= 0.6 is 0 Å². The lowest BCUT2D eigenvalue weighted by Crippen LogP contribution is -2.65. The third-order valence-corrected chi connectivity index (χ3v) is 9.12. The van der Waals surface area contributed by atoms with Gasteiger partial charge in [-0.1, -0.05) is 27.7 Å². The molecular formula is C19H32BNO3. The fourth-order valence-corrected chi connectivity index (χ4v) is 6.98. The van der Waals surface area contributed by atoms with E-state index < -0.39 is 7.32 Å². The van der Waals surface area contributed by atoms with Gasteiger partial charge in [-0.15, -0.1) is 0 Å². The molecule has 7 fully saturated rings. The maximum Gasteiger partial charge on any atom is 0.640 e. The summed E-state index contributed by atoms with van der Waals surface area (Å²) in [5.41, 5.74) is 6.94. The molecule has 0 aromatic heterocycles. The van der Waals surface area contributed by atoms with Crippen LogP contribution in [0.15, 0.2) is 0 Å². The molecule has 8 atom stereocenters. The molecule has 0 aromatic carbocycles. The summed E-state index contributed by atoms with van der Waals surface area (Å²) >= 11 is 0. The highest BCUT2D eigenvalue weighted by atomic mass is 16.8. The minimum absolute atomic E-state index is 0.0711. The number of hydrogen-bond donors (Lipinski definition) is 1. The number of rotatable bonds is 2. The highest BCUT2D eigenvalue weighted by molar-refractivity contribution is 6.37. The molecule has 4 nitrogen and oxygen atoms in total. The van der Waals surface area contributed by atoms with E-state index in [1.54, 1.807) is 0 Å². The van der Waals surface area contributed by atoms with Gasteiger partial charge in [-0.2, -0.15) is 0 Å². The van der Waals surface area contributed by atoms with Crippen molar-refractivity contribution in [2.75, 3.05) is 0 Å². The fraction of sp³-hybridized carbons (Fsp3) is 1.00. The van der Waals surface area contributed by atoms with E-state index in [4.69, 9.17) is 19.7 Å². The van der Waals surface area contributed by atoms with Crippen molar-refractivity contribution in [3.8, 4) is 0 Å². The topological polar surface area (TPSA) is 53.7 Å². The average Bonchev–Trinajstić information content (AvgIpc) is 2.83. The molecule has 0 radical (unpaired) electrons. The van der Waals surface area contributed by atoms with Crippen LogP contribution in [0.4, 0.5) is 0 Å². The van der Waals surface area contributed by atoms with Crippen molar-refractivity contribution in [3.05, 3.63) is 0 Å². The lowest BCUT2D eigenvalue weighted by Gasteiger charge is -2.64. The number of hydrogen-bond acceptors (Lipinski definition) is 4. The lowest BCUT2D eigenvalue weighted by molar-refractivity contribution is -0.200. The first-order valence-corrected chi connectivity index (χ1v) is 9.88. The van der Waals surface area contributed by atoms with Gasteiger partial charge in [0.1, 0.15) is 0 Å². The van der Waals surface area contributed by atoms with Crippen LogP contribution in [-0.4, -0.2) is 31.2 Å². The Hall–Kier alpha value is -0.0951. The SMILES string of the molecule is CC1(C)[C@H]2C[C@@H]3OB(O[C@@H]4[C@H](N)C[C@H]5C[C@@H]4C5(C)C)O[C@]3(C)[C@@H]1C2. The van der Waals surface area contributed by atoms with Crippen LogP contribution in [0.3, 0.4) is 0 Å². The van der Waals surface area contributed by atoms with Gasteiger partial charge in [0.05, 0.1) is 17.8 Å².